The number of piperazine rings is 1. The zero-order chi connectivity index (χ0) is 13.3. The van der Waals surface area contributed by atoms with Crippen molar-refractivity contribution >= 4 is 5.69 Å². The fourth-order valence-electron chi connectivity index (χ4n) is 3.51. The molecule has 2 aliphatic rings. The van der Waals surface area contributed by atoms with Crippen molar-refractivity contribution < 1.29 is 0 Å². The van der Waals surface area contributed by atoms with E-state index in [0.29, 0.717) is 5.54 Å². The number of para-hydroxylation sites is 1. The average molecular weight is 258 g/mol. The van der Waals surface area contributed by atoms with Gasteiger partial charge < -0.3 is 10.2 Å². The summed E-state index contributed by atoms with van der Waals surface area (Å²) in [7, 11) is 0. The van der Waals surface area contributed by atoms with Crippen molar-refractivity contribution in [3.05, 3.63) is 29.8 Å². The zero-order valence-corrected chi connectivity index (χ0v) is 12.3. The maximum absolute atomic E-state index is 3.77. The standard InChI is InChI=1S/C17H26N2/c1-3-6-14-7-4-5-8-16(14)19-12-11-18-17(2,13-19)15-9-10-15/h4-5,7-8,15,18H,3,6,9-13H2,1-2H3. The SMILES string of the molecule is CCCc1ccccc1N1CCNC(C)(C2CC2)C1. The monoisotopic (exact) mass is 258 g/mol. The summed E-state index contributed by atoms with van der Waals surface area (Å²) < 4.78 is 0. The summed E-state index contributed by atoms with van der Waals surface area (Å²) in [5, 5.41) is 3.77. The molecule has 1 aliphatic carbocycles. The lowest BCUT2D eigenvalue weighted by Crippen LogP contribution is -2.60. The van der Waals surface area contributed by atoms with E-state index in [4.69, 9.17) is 0 Å². The maximum atomic E-state index is 3.77. The number of nitrogens with one attached hydrogen (secondary N) is 1. The Morgan fingerprint density at radius 2 is 2.11 bits per heavy atom. The van der Waals surface area contributed by atoms with Crippen LogP contribution in [0.25, 0.3) is 0 Å². The Balaban J connectivity index is 1.81. The van der Waals surface area contributed by atoms with Gasteiger partial charge in [0.15, 0.2) is 0 Å². The summed E-state index contributed by atoms with van der Waals surface area (Å²) in [5.41, 5.74) is 3.32. The molecule has 1 atom stereocenters. The van der Waals surface area contributed by atoms with Crippen LogP contribution in [0.3, 0.4) is 0 Å². The number of benzene rings is 1. The molecule has 3 rings (SSSR count). The van der Waals surface area contributed by atoms with Gasteiger partial charge in [0.25, 0.3) is 0 Å². The minimum atomic E-state index is 0.331. The van der Waals surface area contributed by atoms with Crippen molar-refractivity contribution in [2.45, 2.75) is 45.1 Å². The quantitative estimate of drug-likeness (QED) is 0.892. The minimum absolute atomic E-state index is 0.331. The van der Waals surface area contributed by atoms with Crippen molar-refractivity contribution in [1.29, 1.82) is 0 Å². The van der Waals surface area contributed by atoms with Crippen LogP contribution < -0.4 is 10.2 Å². The van der Waals surface area contributed by atoms with Crippen LogP contribution >= 0.6 is 0 Å². The molecular formula is C17H26N2. The van der Waals surface area contributed by atoms with E-state index in [2.05, 4.69) is 48.3 Å². The number of anilines is 1. The van der Waals surface area contributed by atoms with E-state index >= 15 is 0 Å². The van der Waals surface area contributed by atoms with E-state index < -0.39 is 0 Å². The molecule has 0 spiro atoms. The molecule has 1 N–H and O–H groups in total. The van der Waals surface area contributed by atoms with Gasteiger partial charge >= 0.3 is 0 Å². The van der Waals surface area contributed by atoms with Crippen LogP contribution in [0.4, 0.5) is 5.69 Å². The Kier molecular flexibility index (Phi) is 3.53. The first-order valence-corrected chi connectivity index (χ1v) is 7.81. The minimum Gasteiger partial charge on any atom is -0.368 e. The molecule has 0 radical (unpaired) electrons. The predicted octanol–water partition coefficient (Wildman–Crippen LogP) is 3.22. The molecule has 2 fully saturated rings. The molecular weight excluding hydrogens is 232 g/mol. The van der Waals surface area contributed by atoms with Crippen molar-refractivity contribution in [1.82, 2.24) is 5.32 Å². The predicted molar refractivity (Wildman–Crippen MR) is 81.8 cm³/mol. The fourth-order valence-corrected chi connectivity index (χ4v) is 3.51. The summed E-state index contributed by atoms with van der Waals surface area (Å²) in [6, 6.07) is 8.97. The van der Waals surface area contributed by atoms with Gasteiger partial charge in [0, 0.05) is 30.9 Å². The third-order valence-corrected chi connectivity index (χ3v) is 4.76. The Labute approximate surface area is 117 Å². The van der Waals surface area contributed by atoms with Gasteiger partial charge in [0.05, 0.1) is 0 Å². The Morgan fingerprint density at radius 1 is 1.32 bits per heavy atom. The van der Waals surface area contributed by atoms with Gasteiger partial charge in [-0.25, -0.2) is 0 Å². The van der Waals surface area contributed by atoms with Gasteiger partial charge in [-0.1, -0.05) is 31.5 Å². The third-order valence-electron chi connectivity index (χ3n) is 4.76. The van der Waals surface area contributed by atoms with E-state index in [9.17, 15) is 0 Å². The lowest BCUT2D eigenvalue weighted by Gasteiger charge is -2.43. The van der Waals surface area contributed by atoms with Crippen LogP contribution in [0.1, 0.15) is 38.7 Å². The van der Waals surface area contributed by atoms with Gasteiger partial charge in [-0.2, -0.15) is 0 Å². The number of aryl methyl sites for hydroxylation is 1. The van der Waals surface area contributed by atoms with E-state index in [0.717, 1.165) is 19.0 Å². The van der Waals surface area contributed by atoms with Crippen LogP contribution in [0, 0.1) is 5.92 Å². The van der Waals surface area contributed by atoms with Crippen molar-refractivity contribution in [3.63, 3.8) is 0 Å². The topological polar surface area (TPSA) is 15.3 Å². The first-order valence-electron chi connectivity index (χ1n) is 7.81. The van der Waals surface area contributed by atoms with Gasteiger partial charge in [0.1, 0.15) is 0 Å². The summed E-state index contributed by atoms with van der Waals surface area (Å²) >= 11 is 0. The molecule has 104 valence electrons. The summed E-state index contributed by atoms with van der Waals surface area (Å²) in [5.74, 6) is 0.897. The largest absolute Gasteiger partial charge is 0.368 e. The lowest BCUT2D eigenvalue weighted by molar-refractivity contribution is 0.285. The van der Waals surface area contributed by atoms with Crippen LogP contribution in [0.15, 0.2) is 24.3 Å². The molecule has 1 unspecified atom stereocenters. The smallest absolute Gasteiger partial charge is 0.0399 e. The number of nitrogens with zero attached hydrogens (tertiary/aromatic N) is 1. The highest BCUT2D eigenvalue weighted by molar-refractivity contribution is 5.54. The van der Waals surface area contributed by atoms with Crippen molar-refractivity contribution in [2.75, 3.05) is 24.5 Å². The van der Waals surface area contributed by atoms with Gasteiger partial charge in [-0.3, -0.25) is 0 Å². The second-order valence-corrected chi connectivity index (χ2v) is 6.42. The van der Waals surface area contributed by atoms with Crippen LogP contribution in [-0.4, -0.2) is 25.2 Å². The molecule has 1 heterocycles. The highest BCUT2D eigenvalue weighted by Crippen LogP contribution is 2.41. The number of hydrogen-bond acceptors (Lipinski definition) is 2. The molecule has 1 aliphatic heterocycles. The zero-order valence-electron chi connectivity index (χ0n) is 12.3. The third kappa shape index (κ3) is 2.64. The van der Waals surface area contributed by atoms with Crippen LogP contribution in [0.5, 0.6) is 0 Å². The average Bonchev–Trinajstić information content (AvgIpc) is 3.24. The molecule has 19 heavy (non-hydrogen) atoms. The lowest BCUT2D eigenvalue weighted by atomic mass is 9.92. The van der Waals surface area contributed by atoms with Crippen LogP contribution in [0.2, 0.25) is 0 Å². The summed E-state index contributed by atoms with van der Waals surface area (Å²) in [4.78, 5) is 2.61. The molecule has 1 aromatic rings. The molecule has 1 aromatic carbocycles. The van der Waals surface area contributed by atoms with Crippen LogP contribution in [-0.2, 0) is 6.42 Å². The van der Waals surface area contributed by atoms with E-state index in [1.54, 1.807) is 0 Å². The highest BCUT2D eigenvalue weighted by Gasteiger charge is 2.44. The second-order valence-electron chi connectivity index (χ2n) is 6.42. The first-order chi connectivity index (χ1) is 9.23. The summed E-state index contributed by atoms with van der Waals surface area (Å²) in [6.07, 6.45) is 5.24. The Bertz CT molecular complexity index is 439. The number of rotatable bonds is 4. The van der Waals surface area contributed by atoms with Crippen molar-refractivity contribution in [2.24, 2.45) is 5.92 Å². The molecule has 1 saturated carbocycles. The van der Waals surface area contributed by atoms with E-state index in [1.165, 1.54) is 43.5 Å². The van der Waals surface area contributed by atoms with E-state index in [-0.39, 0.29) is 0 Å². The Hall–Kier alpha value is -1.02. The first kappa shape index (κ1) is 13.0. The summed E-state index contributed by atoms with van der Waals surface area (Å²) in [6.45, 7) is 8.11. The Morgan fingerprint density at radius 3 is 2.84 bits per heavy atom. The molecule has 2 nitrogen and oxygen atoms in total. The normalized spacial score (nSPS) is 27.6. The van der Waals surface area contributed by atoms with Crippen molar-refractivity contribution in [3.8, 4) is 0 Å². The molecule has 1 saturated heterocycles. The van der Waals surface area contributed by atoms with Gasteiger partial charge in [-0.15, -0.1) is 0 Å². The molecule has 2 heteroatoms. The molecule has 0 amide bonds. The van der Waals surface area contributed by atoms with E-state index in [1.807, 2.05) is 0 Å². The molecule has 0 aromatic heterocycles. The maximum Gasteiger partial charge on any atom is 0.0399 e. The second kappa shape index (κ2) is 5.16. The highest BCUT2D eigenvalue weighted by atomic mass is 15.2. The molecule has 0 bridgehead atoms. The van der Waals surface area contributed by atoms with Gasteiger partial charge in [0.2, 0.25) is 0 Å². The number of hydrogen-bond donors (Lipinski definition) is 1. The fraction of sp³-hybridized carbons (Fsp3) is 0.647. The van der Waals surface area contributed by atoms with Gasteiger partial charge in [-0.05, 0) is 43.7 Å².